The summed E-state index contributed by atoms with van der Waals surface area (Å²) in [6.07, 6.45) is -2.92. The van der Waals surface area contributed by atoms with Crippen molar-refractivity contribution in [2.45, 2.75) is 19.1 Å². The van der Waals surface area contributed by atoms with Crippen LogP contribution >= 0.6 is 0 Å². The molecule has 0 bridgehead atoms. The van der Waals surface area contributed by atoms with Crippen molar-refractivity contribution in [3.63, 3.8) is 0 Å². The zero-order valence-corrected chi connectivity index (χ0v) is 10.6. The van der Waals surface area contributed by atoms with Gasteiger partial charge in [-0.25, -0.2) is 0 Å². The van der Waals surface area contributed by atoms with Crippen molar-refractivity contribution in [1.82, 2.24) is 5.32 Å². The van der Waals surface area contributed by atoms with E-state index in [0.29, 0.717) is 5.76 Å². The van der Waals surface area contributed by atoms with Gasteiger partial charge in [-0.15, -0.1) is 0 Å². The van der Waals surface area contributed by atoms with E-state index in [4.69, 9.17) is 4.42 Å². The van der Waals surface area contributed by atoms with Gasteiger partial charge in [0.15, 0.2) is 0 Å². The molecule has 0 radical (unpaired) electrons. The lowest BCUT2D eigenvalue weighted by atomic mass is 10.1. The van der Waals surface area contributed by atoms with E-state index in [-0.39, 0.29) is 11.6 Å². The van der Waals surface area contributed by atoms with Crippen LogP contribution in [0.5, 0.6) is 0 Å². The molecule has 1 unspecified atom stereocenters. The molecular formula is C14H12F3NO2. The summed E-state index contributed by atoms with van der Waals surface area (Å²) in [6.45, 7) is 1.72. The first-order valence-electron chi connectivity index (χ1n) is 5.89. The first kappa shape index (κ1) is 14.2. The number of nitrogens with one attached hydrogen (secondary N) is 1. The molecule has 0 spiro atoms. The molecule has 2 rings (SSSR count). The number of benzene rings is 1. The van der Waals surface area contributed by atoms with Crippen molar-refractivity contribution in [3.8, 4) is 0 Å². The first-order chi connectivity index (χ1) is 9.38. The third-order valence-corrected chi connectivity index (χ3v) is 2.79. The fourth-order valence-corrected chi connectivity index (χ4v) is 1.70. The lowest BCUT2D eigenvalue weighted by molar-refractivity contribution is -0.137. The fourth-order valence-electron chi connectivity index (χ4n) is 1.70. The highest BCUT2D eigenvalue weighted by atomic mass is 19.4. The summed E-state index contributed by atoms with van der Waals surface area (Å²) in [7, 11) is 0. The predicted molar refractivity (Wildman–Crippen MR) is 66.0 cm³/mol. The molecule has 1 aromatic carbocycles. The van der Waals surface area contributed by atoms with Gasteiger partial charge in [0, 0.05) is 5.56 Å². The van der Waals surface area contributed by atoms with Crippen molar-refractivity contribution in [1.29, 1.82) is 0 Å². The molecule has 0 saturated carbocycles. The van der Waals surface area contributed by atoms with Crippen molar-refractivity contribution >= 4 is 5.91 Å². The van der Waals surface area contributed by atoms with Crippen LogP contribution in [0.25, 0.3) is 0 Å². The fraction of sp³-hybridized carbons (Fsp3) is 0.214. The highest BCUT2D eigenvalue weighted by Gasteiger charge is 2.30. The number of furan rings is 1. The average Bonchev–Trinajstić information content (AvgIpc) is 2.91. The molecule has 6 heteroatoms. The normalized spacial score (nSPS) is 13.0. The zero-order valence-electron chi connectivity index (χ0n) is 10.6. The molecule has 1 amide bonds. The quantitative estimate of drug-likeness (QED) is 0.931. The van der Waals surface area contributed by atoms with Gasteiger partial charge in [-0.2, -0.15) is 13.2 Å². The number of hydrogen-bond acceptors (Lipinski definition) is 2. The van der Waals surface area contributed by atoms with Gasteiger partial charge in [0.25, 0.3) is 5.91 Å². The minimum atomic E-state index is -4.41. The van der Waals surface area contributed by atoms with E-state index in [1.165, 1.54) is 6.26 Å². The second kappa shape index (κ2) is 5.40. The number of amides is 1. The Balaban J connectivity index is 2.06. The number of halogens is 3. The maximum Gasteiger partial charge on any atom is 0.416 e. The Kier molecular flexibility index (Phi) is 3.83. The lowest BCUT2D eigenvalue weighted by Gasteiger charge is -2.12. The van der Waals surface area contributed by atoms with E-state index < -0.39 is 17.6 Å². The van der Waals surface area contributed by atoms with E-state index in [0.717, 1.165) is 24.3 Å². The monoisotopic (exact) mass is 283 g/mol. The molecule has 0 saturated heterocycles. The SMILES string of the molecule is CC(NC(=O)c1ccc(C(F)(F)F)cc1)c1ccco1. The summed E-state index contributed by atoms with van der Waals surface area (Å²) >= 11 is 0. The minimum absolute atomic E-state index is 0.163. The lowest BCUT2D eigenvalue weighted by Crippen LogP contribution is -2.26. The van der Waals surface area contributed by atoms with Crippen LogP contribution < -0.4 is 5.32 Å². The number of carbonyl (C=O) groups is 1. The van der Waals surface area contributed by atoms with Crippen LogP contribution in [0.2, 0.25) is 0 Å². The predicted octanol–water partition coefficient (Wildman–Crippen LogP) is 3.79. The Bertz CT molecular complexity index is 573. The Morgan fingerprint density at radius 2 is 1.85 bits per heavy atom. The van der Waals surface area contributed by atoms with Crippen molar-refractivity contribution in [2.75, 3.05) is 0 Å². The van der Waals surface area contributed by atoms with Gasteiger partial charge in [-0.3, -0.25) is 4.79 Å². The third kappa shape index (κ3) is 3.20. The van der Waals surface area contributed by atoms with Crippen LogP contribution in [0.1, 0.15) is 34.6 Å². The van der Waals surface area contributed by atoms with Crippen LogP contribution in [-0.2, 0) is 6.18 Å². The molecule has 1 heterocycles. The van der Waals surface area contributed by atoms with Gasteiger partial charge in [-0.05, 0) is 43.3 Å². The number of hydrogen-bond donors (Lipinski definition) is 1. The molecule has 3 nitrogen and oxygen atoms in total. The van der Waals surface area contributed by atoms with Gasteiger partial charge in [-0.1, -0.05) is 0 Å². The van der Waals surface area contributed by atoms with E-state index in [1.807, 2.05) is 0 Å². The summed E-state index contributed by atoms with van der Waals surface area (Å²) < 4.78 is 42.3. The first-order valence-corrected chi connectivity index (χ1v) is 5.89. The molecule has 0 aliphatic heterocycles. The van der Waals surface area contributed by atoms with Crippen molar-refractivity contribution in [3.05, 3.63) is 59.5 Å². The second-order valence-electron chi connectivity index (χ2n) is 4.29. The number of carbonyl (C=O) groups excluding carboxylic acids is 1. The summed E-state index contributed by atoms with van der Waals surface area (Å²) in [4.78, 5) is 11.9. The Morgan fingerprint density at radius 1 is 1.20 bits per heavy atom. The highest BCUT2D eigenvalue weighted by molar-refractivity contribution is 5.94. The maximum atomic E-state index is 12.4. The molecule has 2 aromatic rings. The van der Waals surface area contributed by atoms with Crippen LogP contribution in [0.3, 0.4) is 0 Å². The third-order valence-electron chi connectivity index (χ3n) is 2.79. The van der Waals surface area contributed by atoms with E-state index in [1.54, 1.807) is 19.1 Å². The molecule has 1 aromatic heterocycles. The Hall–Kier alpha value is -2.24. The second-order valence-corrected chi connectivity index (χ2v) is 4.29. The van der Waals surface area contributed by atoms with Gasteiger partial charge in [0.05, 0.1) is 17.9 Å². The molecular weight excluding hydrogens is 271 g/mol. The largest absolute Gasteiger partial charge is 0.467 e. The van der Waals surface area contributed by atoms with E-state index in [2.05, 4.69) is 5.32 Å². The molecule has 1 N–H and O–H groups in total. The Labute approximate surface area is 113 Å². The smallest absolute Gasteiger partial charge is 0.416 e. The van der Waals surface area contributed by atoms with Gasteiger partial charge in [0.2, 0.25) is 0 Å². The summed E-state index contributed by atoms with van der Waals surface area (Å²) in [6, 6.07) is 7.09. The van der Waals surface area contributed by atoms with Crippen LogP contribution in [0, 0.1) is 0 Å². The van der Waals surface area contributed by atoms with Crippen molar-refractivity contribution < 1.29 is 22.4 Å². The highest BCUT2D eigenvalue weighted by Crippen LogP contribution is 2.29. The van der Waals surface area contributed by atoms with Gasteiger partial charge >= 0.3 is 6.18 Å². The minimum Gasteiger partial charge on any atom is -0.467 e. The van der Waals surface area contributed by atoms with Crippen LogP contribution in [0.4, 0.5) is 13.2 Å². The standard InChI is InChI=1S/C14H12F3NO2/c1-9(12-3-2-8-20-12)18-13(19)10-4-6-11(7-5-10)14(15,16)17/h2-9H,1H3,(H,18,19). The topological polar surface area (TPSA) is 42.2 Å². The number of alkyl halides is 3. The molecule has 20 heavy (non-hydrogen) atoms. The molecule has 0 aliphatic carbocycles. The zero-order chi connectivity index (χ0) is 14.8. The molecule has 1 atom stereocenters. The Morgan fingerprint density at radius 3 is 2.35 bits per heavy atom. The molecule has 0 aliphatic rings. The summed E-state index contributed by atoms with van der Waals surface area (Å²) in [5.74, 6) is 0.118. The molecule has 106 valence electrons. The maximum absolute atomic E-state index is 12.4. The van der Waals surface area contributed by atoms with Gasteiger partial charge < -0.3 is 9.73 Å². The van der Waals surface area contributed by atoms with Crippen LogP contribution in [-0.4, -0.2) is 5.91 Å². The summed E-state index contributed by atoms with van der Waals surface area (Å²) in [5, 5.41) is 2.64. The number of rotatable bonds is 3. The van der Waals surface area contributed by atoms with E-state index >= 15 is 0 Å². The van der Waals surface area contributed by atoms with Gasteiger partial charge in [0.1, 0.15) is 5.76 Å². The van der Waals surface area contributed by atoms with Crippen molar-refractivity contribution in [2.24, 2.45) is 0 Å². The average molecular weight is 283 g/mol. The molecule has 0 fully saturated rings. The summed E-state index contributed by atoms with van der Waals surface area (Å²) in [5.41, 5.74) is -0.621. The van der Waals surface area contributed by atoms with Crippen LogP contribution in [0.15, 0.2) is 47.1 Å². The van der Waals surface area contributed by atoms with E-state index in [9.17, 15) is 18.0 Å².